The molecule has 0 spiro atoms. The van der Waals surface area contributed by atoms with E-state index in [1.54, 1.807) is 0 Å². The molecule has 2 saturated heterocycles. The molecular weight excluding hydrogens is 598 g/mol. The maximum atomic E-state index is 11.9. The molecule has 16 heteroatoms. The van der Waals surface area contributed by atoms with Crippen molar-refractivity contribution in [1.82, 2.24) is 4.57 Å². The average molecular weight is 644 g/mol. The Bertz CT molecular complexity index is 1230. The molecule has 2 aliphatic heterocycles. The van der Waals surface area contributed by atoms with Gasteiger partial charge in [0, 0.05) is 35.3 Å². The van der Waals surface area contributed by atoms with Crippen LogP contribution >= 0.6 is 11.8 Å². The summed E-state index contributed by atoms with van der Waals surface area (Å²) >= 11 is 1.43. The normalized spacial score (nSPS) is 41.7. The number of thioether (sulfide) groups is 1. The molecule has 0 amide bonds. The molecule has 0 unspecified atom stereocenters. The van der Waals surface area contributed by atoms with E-state index in [4.69, 9.17) is 41.9 Å². The number of aliphatic hydroxyl groups excluding tert-OH is 6. The van der Waals surface area contributed by atoms with Crippen LogP contribution in [0.1, 0.15) is 18.9 Å². The number of hydrogen-bond donors (Lipinski definition) is 10. The molecule has 44 heavy (non-hydrogen) atoms. The third kappa shape index (κ3) is 6.67. The SMILES string of the molecule is NC[C@H]1O[C@H](O[C@H]2[C@H](O)[C@@H](O[C@H]3O[C@H](CO)[C@@H](O)[C@H](N)[C@H]3O)[C@H](n3cc4ccccc4c3SCCO)C[C@@H]2N)[C@H](N)C[C@@H]1O. The van der Waals surface area contributed by atoms with E-state index >= 15 is 0 Å². The molecule has 5 rings (SSSR count). The summed E-state index contributed by atoms with van der Waals surface area (Å²) in [4.78, 5) is 0. The van der Waals surface area contributed by atoms with Crippen molar-refractivity contribution in [2.45, 2.75) is 103 Å². The molecule has 3 aliphatic rings. The first-order valence-electron chi connectivity index (χ1n) is 14.8. The highest BCUT2D eigenvalue weighted by Gasteiger charge is 2.51. The number of hydrogen-bond acceptors (Lipinski definition) is 15. The van der Waals surface area contributed by atoms with Crippen LogP contribution in [0.4, 0.5) is 0 Å². The van der Waals surface area contributed by atoms with E-state index < -0.39 is 92.2 Å². The van der Waals surface area contributed by atoms with Crippen molar-refractivity contribution in [3.8, 4) is 0 Å². The fraction of sp³-hybridized carbons (Fsp3) is 0.714. The number of rotatable bonds is 10. The average Bonchev–Trinajstić information content (AvgIpc) is 3.38. The van der Waals surface area contributed by atoms with Gasteiger partial charge in [-0.2, -0.15) is 0 Å². The third-order valence-electron chi connectivity index (χ3n) is 8.73. The van der Waals surface area contributed by atoms with Gasteiger partial charge >= 0.3 is 0 Å². The first-order chi connectivity index (χ1) is 21.1. The molecule has 0 bridgehead atoms. The zero-order valence-corrected chi connectivity index (χ0v) is 25.0. The van der Waals surface area contributed by atoms with Crippen molar-refractivity contribution >= 4 is 22.5 Å². The van der Waals surface area contributed by atoms with Crippen LogP contribution < -0.4 is 22.9 Å². The summed E-state index contributed by atoms with van der Waals surface area (Å²) in [7, 11) is 0. The van der Waals surface area contributed by atoms with Gasteiger partial charge in [0.25, 0.3) is 0 Å². The standard InChI is InChI=1S/C28H45N5O10S/c29-9-18-17(36)8-15(31)27(40-18)42-24-14(30)7-16(33-10-12-3-1-2-4-13(12)26(33)44-6-5-34)25(23(24)39)43-28-22(38)20(32)21(37)19(11-35)41-28/h1-4,10,14-25,27-28,34-39H,5-9,11,29-32H2/t14-,15+,16+,17-,18+,19+,20-,21+,22+,23-,24+,25-,27+,28+/m0/s1. The Kier molecular flexibility index (Phi) is 11.2. The van der Waals surface area contributed by atoms with E-state index in [9.17, 15) is 30.6 Å². The van der Waals surface area contributed by atoms with Gasteiger partial charge < -0.3 is 77.1 Å². The molecule has 15 nitrogen and oxygen atoms in total. The minimum atomic E-state index is -1.50. The molecule has 1 aliphatic carbocycles. The molecule has 14 atom stereocenters. The summed E-state index contributed by atoms with van der Waals surface area (Å²) in [6.45, 7) is -0.603. The zero-order chi connectivity index (χ0) is 31.7. The quantitative estimate of drug-likeness (QED) is 0.113. The molecule has 2 aromatic rings. The molecule has 1 aromatic heterocycles. The van der Waals surface area contributed by atoms with Crippen LogP contribution in [0, 0.1) is 0 Å². The van der Waals surface area contributed by atoms with Gasteiger partial charge in [-0.1, -0.05) is 24.3 Å². The summed E-state index contributed by atoms with van der Waals surface area (Å²) in [6, 6.07) is 4.41. The van der Waals surface area contributed by atoms with Gasteiger partial charge in [-0.05, 0) is 12.8 Å². The minimum Gasteiger partial charge on any atom is -0.396 e. The van der Waals surface area contributed by atoms with Crippen LogP contribution in [0.25, 0.3) is 10.8 Å². The second-order valence-electron chi connectivity index (χ2n) is 11.7. The van der Waals surface area contributed by atoms with E-state index in [0.29, 0.717) is 5.75 Å². The molecule has 3 fully saturated rings. The van der Waals surface area contributed by atoms with E-state index in [-0.39, 0.29) is 26.0 Å². The van der Waals surface area contributed by atoms with Crippen molar-refractivity contribution in [3.63, 3.8) is 0 Å². The van der Waals surface area contributed by atoms with Crippen molar-refractivity contribution in [1.29, 1.82) is 0 Å². The monoisotopic (exact) mass is 643 g/mol. The largest absolute Gasteiger partial charge is 0.396 e. The lowest BCUT2D eigenvalue weighted by Gasteiger charge is -2.49. The topological polar surface area (TPSA) is 267 Å². The molecule has 248 valence electrons. The van der Waals surface area contributed by atoms with Crippen LogP contribution in [0.5, 0.6) is 0 Å². The first-order valence-corrected chi connectivity index (χ1v) is 15.8. The second kappa shape index (κ2) is 14.5. The zero-order valence-electron chi connectivity index (χ0n) is 24.2. The van der Waals surface area contributed by atoms with Gasteiger partial charge in [0.1, 0.15) is 36.6 Å². The Morgan fingerprint density at radius 1 is 0.864 bits per heavy atom. The van der Waals surface area contributed by atoms with Crippen molar-refractivity contribution < 1.29 is 49.6 Å². The Morgan fingerprint density at radius 3 is 2.27 bits per heavy atom. The minimum absolute atomic E-state index is 0.0331. The number of benzene rings is 1. The molecule has 3 heterocycles. The number of aromatic nitrogens is 1. The maximum Gasteiger partial charge on any atom is 0.186 e. The van der Waals surface area contributed by atoms with Gasteiger partial charge in [-0.15, -0.1) is 11.8 Å². The molecule has 1 saturated carbocycles. The molecule has 0 radical (unpaired) electrons. The number of ether oxygens (including phenoxy) is 4. The fourth-order valence-electron chi connectivity index (χ4n) is 6.32. The van der Waals surface area contributed by atoms with Crippen molar-refractivity contribution in [3.05, 3.63) is 30.5 Å². The maximum absolute atomic E-state index is 11.9. The predicted molar refractivity (Wildman–Crippen MR) is 159 cm³/mol. The summed E-state index contributed by atoms with van der Waals surface area (Å²) in [6.07, 6.45) is -9.32. The van der Waals surface area contributed by atoms with E-state index in [2.05, 4.69) is 0 Å². The second-order valence-corrected chi connectivity index (χ2v) is 12.8. The summed E-state index contributed by atoms with van der Waals surface area (Å²) in [5.74, 6) is 0.410. The van der Waals surface area contributed by atoms with Crippen LogP contribution in [0.2, 0.25) is 0 Å². The third-order valence-corrected chi connectivity index (χ3v) is 9.82. The lowest BCUT2D eigenvalue weighted by Crippen LogP contribution is -2.66. The highest BCUT2D eigenvalue weighted by atomic mass is 32.2. The Morgan fingerprint density at radius 2 is 1.57 bits per heavy atom. The van der Waals surface area contributed by atoms with Crippen molar-refractivity contribution in [2.24, 2.45) is 22.9 Å². The first kappa shape index (κ1) is 33.9. The van der Waals surface area contributed by atoms with Crippen molar-refractivity contribution in [2.75, 3.05) is 25.5 Å². The van der Waals surface area contributed by atoms with Crippen LogP contribution in [0.3, 0.4) is 0 Å². The van der Waals surface area contributed by atoms with E-state index in [1.165, 1.54) is 11.8 Å². The summed E-state index contributed by atoms with van der Waals surface area (Å²) in [5.41, 5.74) is 24.7. The highest BCUT2D eigenvalue weighted by molar-refractivity contribution is 7.99. The fourth-order valence-corrected chi connectivity index (χ4v) is 7.28. The summed E-state index contributed by atoms with van der Waals surface area (Å²) in [5, 5.41) is 65.5. The number of fused-ring (bicyclic) bond motifs is 1. The van der Waals surface area contributed by atoms with Gasteiger partial charge in [0.2, 0.25) is 0 Å². The van der Waals surface area contributed by atoms with Crippen LogP contribution in [0.15, 0.2) is 35.5 Å². The van der Waals surface area contributed by atoms with E-state index in [0.717, 1.165) is 15.8 Å². The summed E-state index contributed by atoms with van der Waals surface area (Å²) < 4.78 is 26.0. The van der Waals surface area contributed by atoms with E-state index in [1.807, 2.05) is 35.0 Å². The molecule has 14 N–H and O–H groups in total. The highest BCUT2D eigenvalue weighted by Crippen LogP contribution is 2.41. The van der Waals surface area contributed by atoms with Gasteiger partial charge in [0.15, 0.2) is 12.6 Å². The molecule has 1 aromatic carbocycles. The lowest BCUT2D eigenvalue weighted by atomic mass is 9.83. The van der Waals surface area contributed by atoms with Crippen LogP contribution in [-0.4, -0.2) is 140 Å². The smallest absolute Gasteiger partial charge is 0.186 e. The van der Waals surface area contributed by atoms with Gasteiger partial charge in [-0.25, -0.2) is 0 Å². The Balaban J connectivity index is 1.50. The Labute approximate surface area is 259 Å². The van der Waals surface area contributed by atoms with Gasteiger partial charge in [0.05, 0.1) is 48.6 Å². The van der Waals surface area contributed by atoms with Crippen LogP contribution in [-0.2, 0) is 18.9 Å². The lowest BCUT2D eigenvalue weighted by molar-refractivity contribution is -0.318. The predicted octanol–water partition coefficient (Wildman–Crippen LogP) is -3.34. The Hall–Kier alpha value is -1.45. The number of nitrogens with two attached hydrogens (primary N) is 4. The number of nitrogens with zero attached hydrogens (tertiary/aromatic N) is 1. The van der Waals surface area contributed by atoms with Gasteiger partial charge in [-0.3, -0.25) is 0 Å². The molecular formula is C28H45N5O10S. The number of aliphatic hydroxyl groups is 6.